The molecule has 0 radical (unpaired) electrons. The van der Waals surface area contributed by atoms with Gasteiger partial charge in [-0.05, 0) is 45.6 Å². The molecule has 0 aliphatic heterocycles. The minimum Gasteiger partial charge on any atom is -0.476 e. The van der Waals surface area contributed by atoms with Gasteiger partial charge in [0.25, 0.3) is 0 Å². The molecule has 1 rings (SSSR count). The number of nitrogens with zero attached hydrogens (tertiary/aromatic N) is 2. The molecular weight excluding hydrogens is 238 g/mol. The van der Waals surface area contributed by atoms with Gasteiger partial charge in [-0.1, -0.05) is 13.8 Å². The average molecular weight is 265 g/mol. The molecule has 0 unspecified atom stereocenters. The molecule has 0 aromatic carbocycles. The highest BCUT2D eigenvalue weighted by Crippen LogP contribution is 2.20. The van der Waals surface area contributed by atoms with E-state index >= 15 is 0 Å². The van der Waals surface area contributed by atoms with Gasteiger partial charge in [0.1, 0.15) is 6.61 Å². The molecular formula is C15H27N3O. The van der Waals surface area contributed by atoms with E-state index in [-0.39, 0.29) is 0 Å². The van der Waals surface area contributed by atoms with E-state index < -0.39 is 0 Å². The van der Waals surface area contributed by atoms with Gasteiger partial charge in [0.15, 0.2) is 0 Å². The summed E-state index contributed by atoms with van der Waals surface area (Å²) in [5.74, 6) is 0.777. The lowest BCUT2D eigenvalue weighted by molar-refractivity contribution is 0.216. The maximum atomic E-state index is 5.89. The van der Waals surface area contributed by atoms with Gasteiger partial charge in [-0.15, -0.1) is 0 Å². The first-order chi connectivity index (χ1) is 9.12. The number of ether oxygens (including phenoxy) is 1. The van der Waals surface area contributed by atoms with Crippen LogP contribution in [0.15, 0.2) is 6.07 Å². The molecule has 0 atom stereocenters. The Morgan fingerprint density at radius 3 is 2.53 bits per heavy atom. The summed E-state index contributed by atoms with van der Waals surface area (Å²) in [6.07, 6.45) is 0. The normalized spacial score (nSPS) is 11.1. The summed E-state index contributed by atoms with van der Waals surface area (Å²) in [6.45, 7) is 13.0. The molecule has 0 amide bonds. The van der Waals surface area contributed by atoms with Crippen LogP contribution in [0.25, 0.3) is 0 Å². The lowest BCUT2D eigenvalue weighted by Gasteiger charge is -2.19. The molecule has 4 nitrogen and oxygen atoms in total. The Balaban J connectivity index is 2.70. The predicted molar refractivity (Wildman–Crippen MR) is 79.8 cm³/mol. The van der Waals surface area contributed by atoms with Gasteiger partial charge in [0.2, 0.25) is 5.88 Å². The molecule has 1 aromatic heterocycles. The van der Waals surface area contributed by atoms with Crippen LogP contribution in [-0.2, 0) is 6.54 Å². The van der Waals surface area contributed by atoms with E-state index in [0.717, 1.165) is 43.3 Å². The molecule has 4 heteroatoms. The third-order valence-electron chi connectivity index (χ3n) is 3.33. The van der Waals surface area contributed by atoms with Crippen LogP contribution < -0.4 is 10.1 Å². The Kier molecular flexibility index (Phi) is 6.81. The summed E-state index contributed by atoms with van der Waals surface area (Å²) in [5.41, 5.74) is 3.41. The number of aryl methyl sites for hydroxylation is 2. The van der Waals surface area contributed by atoms with Crippen LogP contribution in [0, 0.1) is 13.8 Å². The van der Waals surface area contributed by atoms with Crippen molar-refractivity contribution in [2.45, 2.75) is 34.2 Å². The molecule has 108 valence electrons. The number of nitrogens with one attached hydrogen (secondary N) is 1. The number of likely N-dealkylation sites (N-methyl/N-ethyl adjacent to an activating group) is 1. The second-order valence-electron chi connectivity index (χ2n) is 4.77. The van der Waals surface area contributed by atoms with E-state index in [2.05, 4.69) is 42.0 Å². The van der Waals surface area contributed by atoms with E-state index in [1.807, 2.05) is 14.0 Å². The summed E-state index contributed by atoms with van der Waals surface area (Å²) < 4.78 is 5.89. The van der Waals surface area contributed by atoms with Gasteiger partial charge in [0, 0.05) is 24.3 Å². The maximum absolute atomic E-state index is 5.89. The molecule has 0 saturated carbocycles. The van der Waals surface area contributed by atoms with Crippen LogP contribution in [0.1, 0.15) is 30.7 Å². The zero-order valence-electron chi connectivity index (χ0n) is 12.9. The quantitative estimate of drug-likeness (QED) is 0.781. The molecule has 19 heavy (non-hydrogen) atoms. The Labute approximate surface area is 117 Å². The first-order valence-electron chi connectivity index (χ1n) is 7.09. The molecule has 0 saturated heterocycles. The second kappa shape index (κ2) is 8.12. The third-order valence-corrected chi connectivity index (χ3v) is 3.33. The monoisotopic (exact) mass is 265 g/mol. The highest BCUT2D eigenvalue weighted by Gasteiger charge is 2.10. The van der Waals surface area contributed by atoms with Crippen molar-refractivity contribution < 1.29 is 4.74 Å². The minimum absolute atomic E-state index is 0.689. The van der Waals surface area contributed by atoms with Crippen LogP contribution in [0.5, 0.6) is 5.88 Å². The lowest BCUT2D eigenvalue weighted by atomic mass is 10.1. The van der Waals surface area contributed by atoms with E-state index in [4.69, 9.17) is 4.74 Å². The molecule has 0 aliphatic rings. The fraction of sp³-hybridized carbons (Fsp3) is 0.667. The van der Waals surface area contributed by atoms with Crippen molar-refractivity contribution in [3.63, 3.8) is 0 Å². The summed E-state index contributed by atoms with van der Waals surface area (Å²) in [6, 6.07) is 2.10. The SMILES string of the molecule is CCN(CC)CCOc1nc(C)cc(C)c1CNC. The van der Waals surface area contributed by atoms with Gasteiger partial charge in [0.05, 0.1) is 0 Å². The standard InChI is InChI=1S/C15H27N3O/c1-6-18(7-2)8-9-19-15-14(11-16-5)12(3)10-13(4)17-15/h10,16H,6-9,11H2,1-5H3. The number of pyridine rings is 1. The molecule has 1 aromatic rings. The summed E-state index contributed by atoms with van der Waals surface area (Å²) in [4.78, 5) is 6.87. The molecule has 0 spiro atoms. The summed E-state index contributed by atoms with van der Waals surface area (Å²) in [7, 11) is 1.94. The smallest absolute Gasteiger partial charge is 0.218 e. The zero-order valence-corrected chi connectivity index (χ0v) is 12.9. The Morgan fingerprint density at radius 2 is 1.95 bits per heavy atom. The highest BCUT2D eigenvalue weighted by molar-refractivity contribution is 5.35. The Hall–Kier alpha value is -1.13. The average Bonchev–Trinajstić information content (AvgIpc) is 2.38. The van der Waals surface area contributed by atoms with Crippen LogP contribution in [0.2, 0.25) is 0 Å². The molecule has 0 bridgehead atoms. The second-order valence-corrected chi connectivity index (χ2v) is 4.77. The summed E-state index contributed by atoms with van der Waals surface area (Å²) >= 11 is 0. The van der Waals surface area contributed by atoms with Crippen molar-refractivity contribution in [2.24, 2.45) is 0 Å². The van der Waals surface area contributed by atoms with Gasteiger partial charge in [-0.3, -0.25) is 0 Å². The predicted octanol–water partition coefficient (Wildman–Crippen LogP) is 2.14. The van der Waals surface area contributed by atoms with Crippen molar-refractivity contribution in [1.82, 2.24) is 15.2 Å². The van der Waals surface area contributed by atoms with Crippen LogP contribution in [-0.4, -0.2) is 43.2 Å². The number of rotatable bonds is 8. The Bertz CT molecular complexity index is 389. The minimum atomic E-state index is 0.689. The van der Waals surface area contributed by atoms with Gasteiger partial charge >= 0.3 is 0 Å². The van der Waals surface area contributed by atoms with Crippen molar-refractivity contribution in [1.29, 1.82) is 0 Å². The van der Waals surface area contributed by atoms with Crippen LogP contribution in [0.3, 0.4) is 0 Å². The Morgan fingerprint density at radius 1 is 1.26 bits per heavy atom. The van der Waals surface area contributed by atoms with Crippen molar-refractivity contribution in [2.75, 3.05) is 33.3 Å². The first-order valence-corrected chi connectivity index (χ1v) is 7.09. The largest absolute Gasteiger partial charge is 0.476 e. The third kappa shape index (κ3) is 4.80. The first kappa shape index (κ1) is 15.9. The van der Waals surface area contributed by atoms with E-state index in [0.29, 0.717) is 6.61 Å². The van der Waals surface area contributed by atoms with Crippen molar-refractivity contribution in [3.05, 3.63) is 22.9 Å². The summed E-state index contributed by atoms with van der Waals surface area (Å²) in [5, 5.41) is 3.18. The fourth-order valence-corrected chi connectivity index (χ4v) is 2.15. The number of aromatic nitrogens is 1. The fourth-order valence-electron chi connectivity index (χ4n) is 2.15. The van der Waals surface area contributed by atoms with E-state index in [9.17, 15) is 0 Å². The van der Waals surface area contributed by atoms with Gasteiger partial charge in [-0.2, -0.15) is 0 Å². The zero-order chi connectivity index (χ0) is 14.3. The van der Waals surface area contributed by atoms with Gasteiger partial charge in [-0.25, -0.2) is 4.98 Å². The topological polar surface area (TPSA) is 37.4 Å². The lowest BCUT2D eigenvalue weighted by Crippen LogP contribution is -2.28. The van der Waals surface area contributed by atoms with Crippen molar-refractivity contribution >= 4 is 0 Å². The van der Waals surface area contributed by atoms with Crippen molar-refractivity contribution in [3.8, 4) is 5.88 Å². The molecule has 0 aliphatic carbocycles. The molecule has 0 fully saturated rings. The highest BCUT2D eigenvalue weighted by atomic mass is 16.5. The van der Waals surface area contributed by atoms with Crippen LogP contribution >= 0.6 is 0 Å². The van der Waals surface area contributed by atoms with Crippen LogP contribution in [0.4, 0.5) is 0 Å². The van der Waals surface area contributed by atoms with E-state index in [1.165, 1.54) is 5.56 Å². The molecule has 1 heterocycles. The van der Waals surface area contributed by atoms with Gasteiger partial charge < -0.3 is 15.0 Å². The molecule has 1 N–H and O–H groups in total. The maximum Gasteiger partial charge on any atom is 0.218 e. The van der Waals surface area contributed by atoms with E-state index in [1.54, 1.807) is 0 Å². The number of hydrogen-bond acceptors (Lipinski definition) is 4. The number of hydrogen-bond donors (Lipinski definition) is 1.